The molecule has 1 aliphatic rings. The predicted molar refractivity (Wildman–Crippen MR) is 64.5 cm³/mol. The summed E-state index contributed by atoms with van der Waals surface area (Å²) in [6.45, 7) is -0.110. The Bertz CT molecular complexity index is 434. The average molecular weight is 270 g/mol. The molecule has 1 aliphatic carbocycles. The molecule has 0 spiro atoms. The molecule has 2 rings (SSSR count). The number of carboxylic acids is 1. The third kappa shape index (κ3) is 3.50. The molecule has 0 saturated heterocycles. The molecule has 0 radical (unpaired) electrons. The number of hydrogen-bond acceptors (Lipinski definition) is 2. The average Bonchev–Trinajstić information content (AvgIpc) is 2.38. The van der Waals surface area contributed by atoms with Gasteiger partial charge in [-0.1, -0.05) is 6.07 Å². The maximum absolute atomic E-state index is 13.4. The SMILES string of the molecule is O=C(O)C1CCC(OCc2c(F)cccc2F)CC1. The molecule has 5 heteroatoms. The van der Waals surface area contributed by atoms with Crippen LogP contribution in [0.1, 0.15) is 31.2 Å². The summed E-state index contributed by atoms with van der Waals surface area (Å²) in [6.07, 6.45) is 2.23. The van der Waals surface area contributed by atoms with E-state index < -0.39 is 17.6 Å². The Morgan fingerprint density at radius 1 is 1.21 bits per heavy atom. The molecule has 104 valence electrons. The van der Waals surface area contributed by atoms with Gasteiger partial charge in [0.2, 0.25) is 0 Å². The van der Waals surface area contributed by atoms with Crippen LogP contribution in [-0.4, -0.2) is 17.2 Å². The normalized spacial score (nSPS) is 23.3. The molecular formula is C14H16F2O3. The van der Waals surface area contributed by atoms with Crippen molar-refractivity contribution in [1.29, 1.82) is 0 Å². The Labute approximate surface area is 110 Å². The van der Waals surface area contributed by atoms with E-state index in [9.17, 15) is 13.6 Å². The number of halogens is 2. The highest BCUT2D eigenvalue weighted by Gasteiger charge is 2.26. The molecule has 1 saturated carbocycles. The summed E-state index contributed by atoms with van der Waals surface area (Å²) in [7, 11) is 0. The first-order valence-electron chi connectivity index (χ1n) is 6.35. The van der Waals surface area contributed by atoms with E-state index >= 15 is 0 Å². The van der Waals surface area contributed by atoms with Gasteiger partial charge in [0.15, 0.2) is 0 Å². The van der Waals surface area contributed by atoms with Gasteiger partial charge < -0.3 is 9.84 Å². The molecule has 0 aliphatic heterocycles. The summed E-state index contributed by atoms with van der Waals surface area (Å²) in [6, 6.07) is 3.71. The molecule has 0 amide bonds. The number of aliphatic carboxylic acids is 1. The van der Waals surface area contributed by atoms with Gasteiger partial charge >= 0.3 is 5.97 Å². The van der Waals surface area contributed by atoms with Crippen molar-refractivity contribution in [3.05, 3.63) is 35.4 Å². The van der Waals surface area contributed by atoms with Crippen molar-refractivity contribution >= 4 is 5.97 Å². The summed E-state index contributed by atoms with van der Waals surface area (Å²) in [5.74, 6) is -2.32. The zero-order valence-corrected chi connectivity index (χ0v) is 10.4. The number of carboxylic acid groups (broad SMARTS) is 1. The molecule has 0 heterocycles. The fourth-order valence-electron chi connectivity index (χ4n) is 2.35. The van der Waals surface area contributed by atoms with Crippen molar-refractivity contribution in [1.82, 2.24) is 0 Å². The molecule has 1 N–H and O–H groups in total. The fraction of sp³-hybridized carbons (Fsp3) is 0.500. The van der Waals surface area contributed by atoms with E-state index in [1.807, 2.05) is 0 Å². The van der Waals surface area contributed by atoms with E-state index in [1.54, 1.807) is 0 Å². The van der Waals surface area contributed by atoms with Crippen LogP contribution in [0.5, 0.6) is 0 Å². The molecule has 1 fully saturated rings. The first-order valence-corrected chi connectivity index (χ1v) is 6.35. The Kier molecular flexibility index (Phi) is 4.47. The minimum absolute atomic E-state index is 0.0668. The molecule has 19 heavy (non-hydrogen) atoms. The summed E-state index contributed by atoms with van der Waals surface area (Å²) >= 11 is 0. The second kappa shape index (κ2) is 6.10. The molecule has 3 nitrogen and oxygen atoms in total. The van der Waals surface area contributed by atoms with Gasteiger partial charge in [0, 0.05) is 5.56 Å². The van der Waals surface area contributed by atoms with Gasteiger partial charge in [-0.25, -0.2) is 8.78 Å². The Hall–Kier alpha value is -1.49. The van der Waals surface area contributed by atoms with Crippen LogP contribution in [0.2, 0.25) is 0 Å². The third-order valence-electron chi connectivity index (χ3n) is 3.55. The van der Waals surface area contributed by atoms with Crippen molar-refractivity contribution in [2.24, 2.45) is 5.92 Å². The van der Waals surface area contributed by atoms with E-state index in [-0.39, 0.29) is 24.2 Å². The zero-order chi connectivity index (χ0) is 13.8. The Balaban J connectivity index is 1.86. The molecule has 0 atom stereocenters. The zero-order valence-electron chi connectivity index (χ0n) is 10.4. The van der Waals surface area contributed by atoms with Gasteiger partial charge in [0.1, 0.15) is 11.6 Å². The van der Waals surface area contributed by atoms with E-state index in [1.165, 1.54) is 18.2 Å². The fourth-order valence-corrected chi connectivity index (χ4v) is 2.35. The lowest BCUT2D eigenvalue weighted by atomic mass is 9.87. The van der Waals surface area contributed by atoms with Gasteiger partial charge in [-0.3, -0.25) is 4.79 Å². The van der Waals surface area contributed by atoms with Crippen LogP contribution in [0.3, 0.4) is 0 Å². The van der Waals surface area contributed by atoms with Gasteiger partial charge in [-0.15, -0.1) is 0 Å². The number of hydrogen-bond donors (Lipinski definition) is 1. The number of carbonyl (C=O) groups is 1. The number of benzene rings is 1. The maximum Gasteiger partial charge on any atom is 0.306 e. The van der Waals surface area contributed by atoms with E-state index in [2.05, 4.69) is 0 Å². The summed E-state index contributed by atoms with van der Waals surface area (Å²) in [5.41, 5.74) is -0.0668. The van der Waals surface area contributed by atoms with Crippen LogP contribution in [-0.2, 0) is 16.1 Å². The van der Waals surface area contributed by atoms with Crippen LogP contribution in [0.4, 0.5) is 8.78 Å². The first-order chi connectivity index (χ1) is 9.08. The van der Waals surface area contributed by atoms with E-state index in [4.69, 9.17) is 9.84 Å². The highest BCUT2D eigenvalue weighted by Crippen LogP contribution is 2.27. The highest BCUT2D eigenvalue weighted by atomic mass is 19.1. The van der Waals surface area contributed by atoms with Crippen molar-refractivity contribution in [3.63, 3.8) is 0 Å². The van der Waals surface area contributed by atoms with Crippen LogP contribution in [0.25, 0.3) is 0 Å². The van der Waals surface area contributed by atoms with Crippen molar-refractivity contribution in [3.8, 4) is 0 Å². The molecule has 0 bridgehead atoms. The lowest BCUT2D eigenvalue weighted by Gasteiger charge is -2.26. The van der Waals surface area contributed by atoms with Gasteiger partial charge in [0.05, 0.1) is 18.6 Å². The largest absolute Gasteiger partial charge is 0.481 e. The molecule has 1 aromatic carbocycles. The van der Waals surface area contributed by atoms with Crippen LogP contribution < -0.4 is 0 Å². The monoisotopic (exact) mass is 270 g/mol. The second-order valence-corrected chi connectivity index (χ2v) is 4.82. The Morgan fingerprint density at radius 3 is 2.32 bits per heavy atom. The topological polar surface area (TPSA) is 46.5 Å². The smallest absolute Gasteiger partial charge is 0.306 e. The standard InChI is InChI=1S/C14H16F2O3/c15-12-2-1-3-13(16)11(12)8-19-10-6-4-9(5-7-10)14(17)18/h1-3,9-10H,4-8H2,(H,17,18). The number of rotatable bonds is 4. The van der Waals surface area contributed by atoms with Gasteiger partial charge in [-0.05, 0) is 37.8 Å². The number of ether oxygens (including phenoxy) is 1. The Morgan fingerprint density at radius 2 is 1.79 bits per heavy atom. The quantitative estimate of drug-likeness (QED) is 0.914. The molecule has 0 aromatic heterocycles. The maximum atomic E-state index is 13.4. The first kappa shape index (κ1) is 13.9. The van der Waals surface area contributed by atoms with Crippen LogP contribution in [0.15, 0.2) is 18.2 Å². The van der Waals surface area contributed by atoms with E-state index in [0.29, 0.717) is 25.7 Å². The summed E-state index contributed by atoms with van der Waals surface area (Å²) in [5, 5.41) is 8.87. The third-order valence-corrected chi connectivity index (χ3v) is 3.55. The van der Waals surface area contributed by atoms with Crippen LogP contribution in [0, 0.1) is 17.6 Å². The van der Waals surface area contributed by atoms with Crippen molar-refractivity contribution < 1.29 is 23.4 Å². The van der Waals surface area contributed by atoms with Crippen molar-refractivity contribution in [2.75, 3.05) is 0 Å². The van der Waals surface area contributed by atoms with Gasteiger partial charge in [-0.2, -0.15) is 0 Å². The molecule has 1 aromatic rings. The lowest BCUT2D eigenvalue weighted by Crippen LogP contribution is -2.26. The molecule has 0 unspecified atom stereocenters. The molecular weight excluding hydrogens is 254 g/mol. The van der Waals surface area contributed by atoms with Crippen molar-refractivity contribution in [2.45, 2.75) is 38.4 Å². The summed E-state index contributed by atoms with van der Waals surface area (Å²) in [4.78, 5) is 10.8. The predicted octanol–water partition coefficient (Wildman–Crippen LogP) is 3.12. The lowest BCUT2D eigenvalue weighted by molar-refractivity contribution is -0.143. The summed E-state index contributed by atoms with van der Waals surface area (Å²) < 4.78 is 32.2. The highest BCUT2D eigenvalue weighted by molar-refractivity contribution is 5.70. The van der Waals surface area contributed by atoms with Crippen LogP contribution >= 0.6 is 0 Å². The van der Waals surface area contributed by atoms with E-state index in [0.717, 1.165) is 0 Å². The minimum Gasteiger partial charge on any atom is -0.481 e. The minimum atomic E-state index is -0.779. The second-order valence-electron chi connectivity index (χ2n) is 4.82. The van der Waals surface area contributed by atoms with Gasteiger partial charge in [0.25, 0.3) is 0 Å².